The molecular weight excluding hydrogens is 400 g/mol. The number of amides is 1. The fraction of sp³-hybridized carbons (Fsp3) is 0.318. The normalized spacial score (nSPS) is 14.4. The van der Waals surface area contributed by atoms with Crippen LogP contribution in [-0.2, 0) is 11.3 Å². The van der Waals surface area contributed by atoms with Crippen molar-refractivity contribution in [2.24, 2.45) is 0 Å². The number of benzene rings is 1. The first-order valence-corrected chi connectivity index (χ1v) is 10.1. The summed E-state index contributed by atoms with van der Waals surface area (Å²) in [5.74, 6) is -1.78. The van der Waals surface area contributed by atoms with Crippen LogP contribution in [0.15, 0.2) is 39.9 Å². The van der Waals surface area contributed by atoms with Gasteiger partial charge in [-0.05, 0) is 38.3 Å². The van der Waals surface area contributed by atoms with Gasteiger partial charge in [-0.2, -0.15) is 0 Å². The molecule has 9 nitrogen and oxygen atoms in total. The van der Waals surface area contributed by atoms with Gasteiger partial charge in [-0.3, -0.25) is 19.1 Å². The lowest BCUT2D eigenvalue weighted by molar-refractivity contribution is -0.139. The molecule has 0 radical (unpaired) electrons. The Morgan fingerprint density at radius 1 is 1.26 bits per heavy atom. The zero-order valence-corrected chi connectivity index (χ0v) is 17.1. The zero-order valence-electron chi connectivity index (χ0n) is 17.1. The standard InChI is InChI=1S/C22H22N4O5/c1-3-26-18-16(20(28)25-22(26)31)14(10-15(23-18)12-8-9-12)19(27)24-17(21(29)30)13-6-4-11(2)5-7-13/h4-7,10,12,17H,3,8-9H2,1-2H3,(H,24,27)(H,29,30)(H,25,28,31). The third-order valence-corrected chi connectivity index (χ3v) is 5.46. The second-order valence-electron chi connectivity index (χ2n) is 7.73. The number of carbonyl (C=O) groups excluding carboxylic acids is 1. The number of H-pyrrole nitrogens is 1. The number of aromatic amines is 1. The number of aromatic nitrogens is 3. The number of carbonyl (C=O) groups is 2. The van der Waals surface area contributed by atoms with Crippen LogP contribution in [0.5, 0.6) is 0 Å². The first kappa shape index (κ1) is 20.5. The highest BCUT2D eigenvalue weighted by Gasteiger charge is 2.30. The smallest absolute Gasteiger partial charge is 0.330 e. The molecule has 31 heavy (non-hydrogen) atoms. The van der Waals surface area contributed by atoms with Gasteiger partial charge in [0.15, 0.2) is 11.7 Å². The van der Waals surface area contributed by atoms with Crippen molar-refractivity contribution in [1.29, 1.82) is 0 Å². The number of carboxylic acids is 1. The van der Waals surface area contributed by atoms with E-state index in [1.54, 1.807) is 31.2 Å². The molecule has 1 atom stereocenters. The van der Waals surface area contributed by atoms with Crippen LogP contribution in [0.4, 0.5) is 0 Å². The Labute approximate surface area is 176 Å². The van der Waals surface area contributed by atoms with Crippen molar-refractivity contribution in [2.75, 3.05) is 0 Å². The molecule has 0 spiro atoms. The molecule has 0 bridgehead atoms. The summed E-state index contributed by atoms with van der Waals surface area (Å²) in [6.45, 7) is 3.87. The van der Waals surface area contributed by atoms with Crippen molar-refractivity contribution in [2.45, 2.75) is 45.2 Å². The minimum absolute atomic E-state index is 0.00807. The van der Waals surface area contributed by atoms with Crippen LogP contribution in [0, 0.1) is 6.92 Å². The van der Waals surface area contributed by atoms with Crippen LogP contribution < -0.4 is 16.6 Å². The Kier molecular flexibility index (Phi) is 5.18. The highest BCUT2D eigenvalue weighted by atomic mass is 16.4. The molecule has 3 N–H and O–H groups in total. The molecule has 1 amide bonds. The maximum Gasteiger partial charge on any atom is 0.330 e. The van der Waals surface area contributed by atoms with Gasteiger partial charge in [-0.25, -0.2) is 14.6 Å². The summed E-state index contributed by atoms with van der Waals surface area (Å²) in [4.78, 5) is 56.6. The molecule has 1 unspecified atom stereocenters. The molecule has 160 valence electrons. The van der Waals surface area contributed by atoms with E-state index in [0.717, 1.165) is 18.4 Å². The Morgan fingerprint density at radius 3 is 2.52 bits per heavy atom. The van der Waals surface area contributed by atoms with Crippen LogP contribution in [0.2, 0.25) is 0 Å². The SMILES string of the molecule is CCn1c(=O)[nH]c(=O)c2c(C(=O)NC(C(=O)O)c3ccc(C)cc3)cc(C3CC3)nc21. The van der Waals surface area contributed by atoms with Gasteiger partial charge in [0.25, 0.3) is 11.5 Å². The molecule has 1 aliphatic rings. The molecule has 2 heterocycles. The van der Waals surface area contributed by atoms with Crippen LogP contribution in [0.25, 0.3) is 11.0 Å². The summed E-state index contributed by atoms with van der Waals surface area (Å²) in [5.41, 5.74) is 0.791. The van der Waals surface area contributed by atoms with Crippen LogP contribution in [0.3, 0.4) is 0 Å². The summed E-state index contributed by atoms with van der Waals surface area (Å²) in [5, 5.41) is 12.2. The number of rotatable bonds is 6. The molecule has 4 rings (SSSR count). The van der Waals surface area contributed by atoms with Gasteiger partial charge in [0, 0.05) is 18.2 Å². The van der Waals surface area contributed by atoms with Crippen LogP contribution >= 0.6 is 0 Å². The number of nitrogens with zero attached hydrogens (tertiary/aromatic N) is 2. The average molecular weight is 422 g/mol. The Morgan fingerprint density at radius 2 is 1.94 bits per heavy atom. The minimum Gasteiger partial charge on any atom is -0.479 e. The molecule has 9 heteroatoms. The number of hydrogen-bond acceptors (Lipinski definition) is 5. The lowest BCUT2D eigenvalue weighted by Crippen LogP contribution is -2.36. The van der Waals surface area contributed by atoms with Crippen molar-refractivity contribution in [3.8, 4) is 0 Å². The second kappa shape index (κ2) is 7.82. The van der Waals surface area contributed by atoms with Gasteiger partial charge in [-0.1, -0.05) is 29.8 Å². The van der Waals surface area contributed by atoms with Gasteiger partial charge < -0.3 is 10.4 Å². The Balaban J connectivity index is 1.85. The number of pyridine rings is 1. The molecule has 1 aromatic carbocycles. The summed E-state index contributed by atoms with van der Waals surface area (Å²) in [7, 11) is 0. The largest absolute Gasteiger partial charge is 0.479 e. The van der Waals surface area contributed by atoms with Gasteiger partial charge in [0.1, 0.15) is 0 Å². The summed E-state index contributed by atoms with van der Waals surface area (Å²) in [6.07, 6.45) is 1.81. The first-order valence-electron chi connectivity index (χ1n) is 10.1. The number of nitrogens with one attached hydrogen (secondary N) is 2. The average Bonchev–Trinajstić information content (AvgIpc) is 3.57. The summed E-state index contributed by atoms with van der Waals surface area (Å²) in [6, 6.07) is 7.02. The Bertz CT molecular complexity index is 1300. The molecule has 3 aromatic rings. The lowest BCUT2D eigenvalue weighted by atomic mass is 10.0. The third kappa shape index (κ3) is 3.86. The van der Waals surface area contributed by atoms with Crippen molar-refractivity contribution in [3.63, 3.8) is 0 Å². The van der Waals surface area contributed by atoms with E-state index in [4.69, 9.17) is 0 Å². The van der Waals surface area contributed by atoms with E-state index < -0.39 is 29.2 Å². The highest BCUT2D eigenvalue weighted by molar-refractivity contribution is 6.06. The first-order chi connectivity index (χ1) is 14.8. The van der Waals surface area contributed by atoms with E-state index in [2.05, 4.69) is 15.3 Å². The van der Waals surface area contributed by atoms with Gasteiger partial charge in [0.05, 0.1) is 10.9 Å². The molecule has 0 saturated heterocycles. The number of carboxylic acid groups (broad SMARTS) is 1. The quantitative estimate of drug-likeness (QED) is 0.555. The number of aliphatic carboxylic acids is 1. The topological polar surface area (TPSA) is 134 Å². The molecule has 2 aromatic heterocycles. The van der Waals surface area contributed by atoms with E-state index >= 15 is 0 Å². The van der Waals surface area contributed by atoms with Gasteiger partial charge >= 0.3 is 11.7 Å². The lowest BCUT2D eigenvalue weighted by Gasteiger charge is -2.17. The number of fused-ring (bicyclic) bond motifs is 1. The van der Waals surface area contributed by atoms with Crippen molar-refractivity contribution in [1.82, 2.24) is 19.9 Å². The van der Waals surface area contributed by atoms with Crippen molar-refractivity contribution >= 4 is 22.9 Å². The van der Waals surface area contributed by atoms with E-state index in [1.807, 2.05) is 6.92 Å². The molecule has 1 aliphatic carbocycles. The molecular formula is C22H22N4O5. The van der Waals surface area contributed by atoms with E-state index in [1.165, 1.54) is 10.6 Å². The molecule has 1 saturated carbocycles. The van der Waals surface area contributed by atoms with Crippen molar-refractivity contribution in [3.05, 3.63) is 73.6 Å². The maximum atomic E-state index is 13.2. The third-order valence-electron chi connectivity index (χ3n) is 5.46. The second-order valence-corrected chi connectivity index (χ2v) is 7.73. The predicted molar refractivity (Wildman–Crippen MR) is 113 cm³/mol. The van der Waals surface area contributed by atoms with Gasteiger partial charge in [0.2, 0.25) is 0 Å². The highest BCUT2D eigenvalue weighted by Crippen LogP contribution is 2.40. The minimum atomic E-state index is -1.29. The van der Waals surface area contributed by atoms with Crippen molar-refractivity contribution < 1.29 is 14.7 Å². The fourth-order valence-corrected chi connectivity index (χ4v) is 3.61. The molecule has 1 fully saturated rings. The van der Waals surface area contributed by atoms with Crippen LogP contribution in [-0.4, -0.2) is 31.5 Å². The fourth-order valence-electron chi connectivity index (χ4n) is 3.61. The van der Waals surface area contributed by atoms with E-state index in [9.17, 15) is 24.3 Å². The maximum absolute atomic E-state index is 13.2. The Hall–Kier alpha value is -3.75. The van der Waals surface area contributed by atoms with E-state index in [-0.39, 0.29) is 29.1 Å². The van der Waals surface area contributed by atoms with E-state index in [0.29, 0.717) is 11.3 Å². The molecule has 0 aliphatic heterocycles. The van der Waals surface area contributed by atoms with Crippen LogP contribution in [0.1, 0.15) is 58.9 Å². The van der Waals surface area contributed by atoms with Gasteiger partial charge in [-0.15, -0.1) is 0 Å². The monoisotopic (exact) mass is 422 g/mol. The predicted octanol–water partition coefficient (Wildman–Crippen LogP) is 1.85. The summed E-state index contributed by atoms with van der Waals surface area (Å²) >= 11 is 0. The summed E-state index contributed by atoms with van der Waals surface area (Å²) < 4.78 is 1.30. The number of hydrogen-bond donors (Lipinski definition) is 3. The number of aryl methyl sites for hydroxylation is 2. The zero-order chi connectivity index (χ0) is 22.3.